The van der Waals surface area contributed by atoms with Crippen LogP contribution in [0.1, 0.15) is 51.5 Å². The van der Waals surface area contributed by atoms with Crippen LogP contribution in [-0.2, 0) is 6.54 Å². The average molecular weight is 406 g/mol. The minimum atomic E-state index is -0.148. The van der Waals surface area contributed by atoms with Gasteiger partial charge >= 0.3 is 0 Å². The van der Waals surface area contributed by atoms with Gasteiger partial charge in [-0.2, -0.15) is 5.10 Å². The molecule has 1 saturated carbocycles. The molecule has 0 amide bonds. The van der Waals surface area contributed by atoms with Crippen LogP contribution >= 0.6 is 23.2 Å². The standard InChI is InChI=1S/C18H19Cl2N5.C2H6/c19-13-5-4-12(10-14(13)20)11-21-17-18(7-2-1-3-8-18)24-15-6-9-22-25-16(15)23-17;1-2/h4-6,9-10,24H,1-3,7-8,11H2,(H,21,23,25);1-2H3. The number of aromatic nitrogens is 2. The van der Waals surface area contributed by atoms with Gasteiger partial charge < -0.3 is 10.6 Å². The van der Waals surface area contributed by atoms with Gasteiger partial charge in [0, 0.05) is 0 Å². The third kappa shape index (κ3) is 4.36. The Labute approximate surface area is 170 Å². The van der Waals surface area contributed by atoms with E-state index in [0.29, 0.717) is 16.6 Å². The molecule has 144 valence electrons. The number of hydrogen-bond donors (Lipinski definition) is 2. The second-order valence-electron chi connectivity index (χ2n) is 6.60. The molecule has 27 heavy (non-hydrogen) atoms. The molecular formula is C20H25Cl2N5. The summed E-state index contributed by atoms with van der Waals surface area (Å²) in [7, 11) is 0. The minimum absolute atomic E-state index is 0.148. The lowest BCUT2D eigenvalue weighted by Crippen LogP contribution is -2.54. The molecule has 1 aromatic heterocycles. The number of fused-ring (bicyclic) bond motifs is 1. The van der Waals surface area contributed by atoms with Gasteiger partial charge in [-0.1, -0.05) is 62.4 Å². The number of aliphatic imine (C=N–C) groups is 1. The Kier molecular flexibility index (Phi) is 6.55. The van der Waals surface area contributed by atoms with Gasteiger partial charge in [0.05, 0.1) is 34.0 Å². The van der Waals surface area contributed by atoms with E-state index in [4.69, 9.17) is 28.2 Å². The van der Waals surface area contributed by atoms with Crippen molar-refractivity contribution in [3.8, 4) is 0 Å². The maximum absolute atomic E-state index is 6.12. The highest BCUT2D eigenvalue weighted by Gasteiger charge is 2.41. The van der Waals surface area contributed by atoms with Gasteiger partial charge in [-0.25, -0.2) is 0 Å². The molecule has 0 bridgehead atoms. The molecule has 0 saturated heterocycles. The van der Waals surface area contributed by atoms with Crippen molar-refractivity contribution < 1.29 is 0 Å². The van der Waals surface area contributed by atoms with E-state index in [1.165, 1.54) is 19.3 Å². The smallest absolute Gasteiger partial charge is 0.177 e. The van der Waals surface area contributed by atoms with Crippen molar-refractivity contribution in [2.45, 2.75) is 58.0 Å². The van der Waals surface area contributed by atoms with Crippen molar-refractivity contribution in [3.05, 3.63) is 46.1 Å². The van der Waals surface area contributed by atoms with Crippen LogP contribution in [0, 0.1) is 0 Å². The molecule has 2 aliphatic rings. The third-order valence-corrected chi connectivity index (χ3v) is 5.63. The van der Waals surface area contributed by atoms with Crippen LogP contribution in [0.4, 0.5) is 11.5 Å². The molecule has 7 heteroatoms. The summed E-state index contributed by atoms with van der Waals surface area (Å²) in [5.74, 6) is 1.66. The summed E-state index contributed by atoms with van der Waals surface area (Å²) < 4.78 is 0. The number of anilines is 2. The summed E-state index contributed by atoms with van der Waals surface area (Å²) in [5.41, 5.74) is 1.87. The lowest BCUT2D eigenvalue weighted by molar-refractivity contribution is 0.402. The second kappa shape index (κ2) is 8.89. The van der Waals surface area contributed by atoms with Gasteiger partial charge in [0.15, 0.2) is 5.82 Å². The maximum atomic E-state index is 6.12. The van der Waals surface area contributed by atoms with E-state index >= 15 is 0 Å². The Balaban J connectivity index is 0.00000102. The van der Waals surface area contributed by atoms with Gasteiger partial charge in [-0.05, 0) is 36.6 Å². The first-order valence-corrected chi connectivity index (χ1v) is 10.3. The number of rotatable bonds is 2. The zero-order valence-electron chi connectivity index (χ0n) is 15.7. The summed E-state index contributed by atoms with van der Waals surface area (Å²) in [6.45, 7) is 4.54. The summed E-state index contributed by atoms with van der Waals surface area (Å²) in [4.78, 5) is 4.87. The summed E-state index contributed by atoms with van der Waals surface area (Å²) >= 11 is 12.1. The van der Waals surface area contributed by atoms with Crippen LogP contribution in [0.2, 0.25) is 10.0 Å². The van der Waals surface area contributed by atoms with Crippen LogP contribution < -0.4 is 10.6 Å². The Morgan fingerprint density at radius 2 is 1.85 bits per heavy atom. The highest BCUT2D eigenvalue weighted by atomic mass is 35.5. The zero-order chi connectivity index (χ0) is 19.3. The lowest BCUT2D eigenvalue weighted by atomic mass is 9.79. The summed E-state index contributed by atoms with van der Waals surface area (Å²) in [6, 6.07) is 7.59. The molecule has 1 aliphatic heterocycles. The number of benzene rings is 1. The largest absolute Gasteiger partial charge is 0.370 e. The number of nitrogens with zero attached hydrogens (tertiary/aromatic N) is 3. The fraction of sp³-hybridized carbons (Fsp3) is 0.450. The molecule has 0 radical (unpaired) electrons. The van der Waals surface area contributed by atoms with Crippen LogP contribution in [0.25, 0.3) is 0 Å². The molecule has 2 aromatic rings. The van der Waals surface area contributed by atoms with Crippen LogP contribution in [0.5, 0.6) is 0 Å². The van der Waals surface area contributed by atoms with Crippen molar-refractivity contribution in [2.24, 2.45) is 4.99 Å². The Morgan fingerprint density at radius 3 is 2.59 bits per heavy atom. The van der Waals surface area contributed by atoms with Gasteiger partial charge in [0.1, 0.15) is 5.84 Å². The maximum Gasteiger partial charge on any atom is 0.177 e. The van der Waals surface area contributed by atoms with Crippen molar-refractivity contribution >= 4 is 40.5 Å². The Bertz CT molecular complexity index is 816. The van der Waals surface area contributed by atoms with Crippen LogP contribution in [0.3, 0.4) is 0 Å². The number of amidine groups is 1. The van der Waals surface area contributed by atoms with E-state index in [0.717, 1.165) is 35.7 Å². The number of hydrogen-bond acceptors (Lipinski definition) is 4. The first kappa shape index (κ1) is 19.9. The fourth-order valence-corrected chi connectivity index (χ4v) is 3.91. The molecule has 1 aliphatic carbocycles. The van der Waals surface area contributed by atoms with E-state index in [2.05, 4.69) is 20.8 Å². The quantitative estimate of drug-likeness (QED) is 0.647. The first-order valence-electron chi connectivity index (χ1n) is 9.52. The molecule has 2 heterocycles. The van der Waals surface area contributed by atoms with E-state index in [-0.39, 0.29) is 5.54 Å². The zero-order valence-corrected chi connectivity index (χ0v) is 17.2. The Morgan fingerprint density at radius 1 is 1.07 bits per heavy atom. The monoisotopic (exact) mass is 405 g/mol. The molecule has 5 nitrogen and oxygen atoms in total. The topological polar surface area (TPSA) is 62.2 Å². The molecule has 1 spiro atoms. The molecule has 1 aromatic carbocycles. The van der Waals surface area contributed by atoms with Gasteiger partial charge in [-0.3, -0.25) is 4.99 Å². The predicted octanol–water partition coefficient (Wildman–Crippen LogP) is 5.95. The van der Waals surface area contributed by atoms with Crippen molar-refractivity contribution in [3.63, 3.8) is 0 Å². The van der Waals surface area contributed by atoms with Crippen molar-refractivity contribution in [1.29, 1.82) is 0 Å². The highest BCUT2D eigenvalue weighted by molar-refractivity contribution is 6.42. The minimum Gasteiger partial charge on any atom is -0.370 e. The van der Waals surface area contributed by atoms with Crippen LogP contribution in [-0.4, -0.2) is 21.6 Å². The molecule has 0 unspecified atom stereocenters. The second-order valence-corrected chi connectivity index (χ2v) is 7.41. The lowest BCUT2D eigenvalue weighted by Gasteiger charge is -2.43. The predicted molar refractivity (Wildman–Crippen MR) is 114 cm³/mol. The van der Waals surface area contributed by atoms with Crippen LogP contribution in [0.15, 0.2) is 35.5 Å². The van der Waals surface area contributed by atoms with Gasteiger partial charge in [-0.15, -0.1) is 5.10 Å². The van der Waals surface area contributed by atoms with Crippen molar-refractivity contribution in [2.75, 3.05) is 10.6 Å². The summed E-state index contributed by atoms with van der Waals surface area (Å²) in [6.07, 6.45) is 7.47. The molecule has 4 rings (SSSR count). The fourth-order valence-electron chi connectivity index (χ4n) is 3.59. The molecule has 0 atom stereocenters. The van der Waals surface area contributed by atoms with Gasteiger partial charge in [0.2, 0.25) is 0 Å². The molecule has 2 N–H and O–H groups in total. The normalized spacial score (nSPS) is 18.7. The van der Waals surface area contributed by atoms with E-state index in [1.807, 2.05) is 38.1 Å². The van der Waals surface area contributed by atoms with E-state index in [1.54, 1.807) is 6.20 Å². The average Bonchev–Trinajstić information content (AvgIpc) is 2.71. The summed E-state index contributed by atoms with van der Waals surface area (Å²) in [5, 5.41) is 16.3. The number of halogens is 2. The van der Waals surface area contributed by atoms with Gasteiger partial charge in [0.25, 0.3) is 0 Å². The first-order chi connectivity index (χ1) is 13.2. The Hall–Kier alpha value is -1.85. The molecule has 1 fully saturated rings. The molecular weight excluding hydrogens is 381 g/mol. The van der Waals surface area contributed by atoms with E-state index in [9.17, 15) is 0 Å². The third-order valence-electron chi connectivity index (χ3n) is 4.90. The van der Waals surface area contributed by atoms with Crippen molar-refractivity contribution in [1.82, 2.24) is 10.2 Å². The number of nitrogens with one attached hydrogen (secondary N) is 2. The SMILES string of the molecule is CC.Clc1ccc(CN=C2Nc3nnccc3NC23CCCCC3)cc1Cl. The van der Waals surface area contributed by atoms with E-state index < -0.39 is 0 Å². The highest BCUT2D eigenvalue weighted by Crippen LogP contribution is 2.38.